The summed E-state index contributed by atoms with van der Waals surface area (Å²) in [7, 11) is 1.85. The van der Waals surface area contributed by atoms with E-state index in [0.717, 1.165) is 25.1 Å². The molecule has 4 heteroatoms. The summed E-state index contributed by atoms with van der Waals surface area (Å²) in [4.78, 5) is 0. The summed E-state index contributed by atoms with van der Waals surface area (Å²) in [6.07, 6.45) is 5.57. The van der Waals surface area contributed by atoms with Crippen molar-refractivity contribution in [2.24, 2.45) is 7.05 Å². The van der Waals surface area contributed by atoms with E-state index in [1.165, 1.54) is 6.42 Å². The minimum Gasteiger partial charge on any atom is -0.387 e. The van der Waals surface area contributed by atoms with Gasteiger partial charge in [-0.15, -0.1) is 0 Å². The molecule has 0 radical (unpaired) electrons. The topological polar surface area (TPSA) is 47.3 Å². The SMILES string of the molecule is Cn1nccc1C(O)CC1CCCCO1. The lowest BCUT2D eigenvalue weighted by Crippen LogP contribution is -2.22. The summed E-state index contributed by atoms with van der Waals surface area (Å²) < 4.78 is 7.31. The number of rotatable bonds is 3. The Morgan fingerprint density at radius 1 is 1.67 bits per heavy atom. The maximum absolute atomic E-state index is 10.0. The van der Waals surface area contributed by atoms with Crippen LogP contribution in [0.15, 0.2) is 12.3 Å². The molecule has 15 heavy (non-hydrogen) atoms. The second-order valence-corrected chi connectivity index (χ2v) is 4.12. The summed E-state index contributed by atoms with van der Waals surface area (Å²) in [5.74, 6) is 0. The Balaban J connectivity index is 1.91. The Morgan fingerprint density at radius 2 is 2.53 bits per heavy atom. The maximum atomic E-state index is 10.0. The quantitative estimate of drug-likeness (QED) is 0.820. The number of aliphatic hydroxyl groups is 1. The first-order valence-corrected chi connectivity index (χ1v) is 5.55. The Morgan fingerprint density at radius 3 is 3.13 bits per heavy atom. The van der Waals surface area contributed by atoms with Crippen molar-refractivity contribution in [2.75, 3.05) is 6.61 Å². The Bertz CT molecular complexity index is 305. The number of aliphatic hydroxyl groups excluding tert-OH is 1. The number of hydrogen-bond donors (Lipinski definition) is 1. The molecule has 2 heterocycles. The lowest BCUT2D eigenvalue weighted by atomic mass is 10.0. The molecule has 2 unspecified atom stereocenters. The van der Waals surface area contributed by atoms with Gasteiger partial charge in [-0.2, -0.15) is 5.10 Å². The van der Waals surface area contributed by atoms with E-state index in [4.69, 9.17) is 4.74 Å². The molecule has 2 rings (SSSR count). The molecule has 2 atom stereocenters. The average Bonchev–Trinajstić information content (AvgIpc) is 2.66. The van der Waals surface area contributed by atoms with Crippen molar-refractivity contribution in [1.29, 1.82) is 0 Å². The van der Waals surface area contributed by atoms with Crippen LogP contribution in [0.3, 0.4) is 0 Å². The van der Waals surface area contributed by atoms with Crippen LogP contribution in [0.2, 0.25) is 0 Å². The standard InChI is InChI=1S/C11H18N2O2/c1-13-10(5-6-12-13)11(14)8-9-4-2-3-7-15-9/h5-6,9,11,14H,2-4,7-8H2,1H3. The van der Waals surface area contributed by atoms with Gasteiger partial charge in [0.25, 0.3) is 0 Å². The highest BCUT2D eigenvalue weighted by Crippen LogP contribution is 2.24. The number of aryl methyl sites for hydroxylation is 1. The number of ether oxygens (including phenoxy) is 1. The molecule has 0 bridgehead atoms. The van der Waals surface area contributed by atoms with Crippen molar-refractivity contribution in [2.45, 2.75) is 37.9 Å². The van der Waals surface area contributed by atoms with Gasteiger partial charge in [-0.25, -0.2) is 0 Å². The molecule has 0 amide bonds. The van der Waals surface area contributed by atoms with E-state index >= 15 is 0 Å². The molecule has 0 spiro atoms. The molecule has 1 aliphatic heterocycles. The van der Waals surface area contributed by atoms with Crippen LogP contribution in [0, 0.1) is 0 Å². The highest BCUT2D eigenvalue weighted by Gasteiger charge is 2.20. The molecular formula is C11H18N2O2. The van der Waals surface area contributed by atoms with Gasteiger partial charge in [-0.3, -0.25) is 4.68 Å². The predicted octanol–water partition coefficient (Wildman–Crippen LogP) is 1.41. The van der Waals surface area contributed by atoms with Crippen LogP contribution in [0.1, 0.15) is 37.5 Å². The van der Waals surface area contributed by atoms with Gasteiger partial charge < -0.3 is 9.84 Å². The van der Waals surface area contributed by atoms with Gasteiger partial charge >= 0.3 is 0 Å². The minimum absolute atomic E-state index is 0.212. The van der Waals surface area contributed by atoms with Crippen molar-refractivity contribution in [3.8, 4) is 0 Å². The average molecular weight is 210 g/mol. The normalized spacial score (nSPS) is 24.0. The zero-order valence-electron chi connectivity index (χ0n) is 9.09. The monoisotopic (exact) mass is 210 g/mol. The minimum atomic E-state index is -0.458. The third-order valence-corrected chi connectivity index (χ3v) is 2.96. The molecule has 1 saturated heterocycles. The fraction of sp³-hybridized carbons (Fsp3) is 0.727. The van der Waals surface area contributed by atoms with Crippen LogP contribution in [0.5, 0.6) is 0 Å². The van der Waals surface area contributed by atoms with Crippen molar-refractivity contribution in [1.82, 2.24) is 9.78 Å². The third kappa shape index (κ3) is 2.58. The molecule has 1 N–H and O–H groups in total. The number of aromatic nitrogens is 2. The third-order valence-electron chi connectivity index (χ3n) is 2.96. The highest BCUT2D eigenvalue weighted by molar-refractivity contribution is 5.04. The van der Waals surface area contributed by atoms with Crippen LogP contribution < -0.4 is 0 Å². The van der Waals surface area contributed by atoms with Crippen molar-refractivity contribution in [3.05, 3.63) is 18.0 Å². The second-order valence-electron chi connectivity index (χ2n) is 4.12. The van der Waals surface area contributed by atoms with Gasteiger partial charge in [-0.1, -0.05) is 0 Å². The van der Waals surface area contributed by atoms with Gasteiger partial charge in [-0.05, 0) is 25.3 Å². The zero-order chi connectivity index (χ0) is 10.7. The highest BCUT2D eigenvalue weighted by atomic mass is 16.5. The molecular weight excluding hydrogens is 192 g/mol. The van der Waals surface area contributed by atoms with Crippen LogP contribution >= 0.6 is 0 Å². The van der Waals surface area contributed by atoms with E-state index in [1.807, 2.05) is 13.1 Å². The molecule has 0 aromatic carbocycles. The van der Waals surface area contributed by atoms with E-state index in [9.17, 15) is 5.11 Å². The Hall–Kier alpha value is -0.870. The predicted molar refractivity (Wildman–Crippen MR) is 56.4 cm³/mol. The summed E-state index contributed by atoms with van der Waals surface area (Å²) in [5.41, 5.74) is 0.865. The first-order chi connectivity index (χ1) is 7.27. The summed E-state index contributed by atoms with van der Waals surface area (Å²) in [5, 5.41) is 14.0. The van der Waals surface area contributed by atoms with E-state index in [2.05, 4.69) is 5.10 Å². The molecule has 0 aliphatic carbocycles. The summed E-state index contributed by atoms with van der Waals surface area (Å²) >= 11 is 0. The van der Waals surface area contributed by atoms with Gasteiger partial charge in [0.1, 0.15) is 0 Å². The molecule has 1 aliphatic rings. The van der Waals surface area contributed by atoms with E-state index in [-0.39, 0.29) is 6.10 Å². The van der Waals surface area contributed by atoms with Gasteiger partial charge in [0.15, 0.2) is 0 Å². The first kappa shape index (κ1) is 10.6. The molecule has 84 valence electrons. The molecule has 1 fully saturated rings. The van der Waals surface area contributed by atoms with Gasteiger partial charge in [0.2, 0.25) is 0 Å². The molecule has 0 saturated carbocycles. The van der Waals surface area contributed by atoms with Crippen molar-refractivity contribution < 1.29 is 9.84 Å². The van der Waals surface area contributed by atoms with Crippen molar-refractivity contribution in [3.63, 3.8) is 0 Å². The summed E-state index contributed by atoms with van der Waals surface area (Å²) in [6, 6.07) is 1.85. The van der Waals surface area contributed by atoms with E-state index in [1.54, 1.807) is 10.9 Å². The van der Waals surface area contributed by atoms with Crippen LogP contribution in [0.25, 0.3) is 0 Å². The first-order valence-electron chi connectivity index (χ1n) is 5.55. The molecule has 1 aromatic rings. The lowest BCUT2D eigenvalue weighted by molar-refractivity contribution is -0.0169. The van der Waals surface area contributed by atoms with Crippen molar-refractivity contribution >= 4 is 0 Å². The van der Waals surface area contributed by atoms with Crippen LogP contribution in [-0.4, -0.2) is 27.6 Å². The fourth-order valence-electron chi connectivity index (χ4n) is 2.07. The fourth-order valence-corrected chi connectivity index (χ4v) is 2.07. The summed E-state index contributed by atoms with van der Waals surface area (Å²) in [6.45, 7) is 0.836. The van der Waals surface area contributed by atoms with Crippen LogP contribution in [0.4, 0.5) is 0 Å². The van der Waals surface area contributed by atoms with E-state index in [0.29, 0.717) is 6.42 Å². The maximum Gasteiger partial charge on any atom is 0.0981 e. The lowest BCUT2D eigenvalue weighted by Gasteiger charge is -2.24. The van der Waals surface area contributed by atoms with Crippen LogP contribution in [-0.2, 0) is 11.8 Å². The molecule has 4 nitrogen and oxygen atoms in total. The van der Waals surface area contributed by atoms with E-state index < -0.39 is 6.10 Å². The Labute approximate surface area is 89.9 Å². The Kier molecular flexibility index (Phi) is 3.38. The number of nitrogens with zero attached hydrogens (tertiary/aromatic N) is 2. The largest absolute Gasteiger partial charge is 0.387 e. The van der Waals surface area contributed by atoms with Gasteiger partial charge in [0, 0.05) is 26.3 Å². The number of hydrogen-bond acceptors (Lipinski definition) is 3. The molecule has 1 aromatic heterocycles. The smallest absolute Gasteiger partial charge is 0.0981 e. The zero-order valence-corrected chi connectivity index (χ0v) is 9.09. The van der Waals surface area contributed by atoms with Gasteiger partial charge in [0.05, 0.1) is 17.9 Å². The second kappa shape index (κ2) is 4.77.